The van der Waals surface area contributed by atoms with Crippen LogP contribution in [0.15, 0.2) is 23.1 Å². The summed E-state index contributed by atoms with van der Waals surface area (Å²) in [5, 5.41) is 0.259. The maximum Gasteiger partial charge on any atom is 0.244 e. The molecule has 0 radical (unpaired) electrons. The number of sulfonamides is 1. The van der Waals surface area contributed by atoms with Crippen molar-refractivity contribution in [3.63, 3.8) is 0 Å². The third-order valence-corrected chi connectivity index (χ3v) is 6.33. The Labute approximate surface area is 126 Å². The average Bonchev–Trinajstić information content (AvgIpc) is 2.89. The Morgan fingerprint density at radius 1 is 1.45 bits per heavy atom. The average molecular weight is 317 g/mol. The van der Waals surface area contributed by atoms with Gasteiger partial charge < -0.3 is 5.73 Å². The fraction of sp³-hybridized carbons (Fsp3) is 0.571. The summed E-state index contributed by atoms with van der Waals surface area (Å²) < 4.78 is 26.9. The second-order valence-electron chi connectivity index (χ2n) is 5.62. The molecule has 1 fully saturated rings. The summed E-state index contributed by atoms with van der Waals surface area (Å²) in [6.45, 7) is 5.69. The molecule has 0 bridgehead atoms. The lowest BCUT2D eigenvalue weighted by Crippen LogP contribution is -2.29. The van der Waals surface area contributed by atoms with Crippen LogP contribution in [0.2, 0.25) is 5.02 Å². The smallest absolute Gasteiger partial charge is 0.244 e. The fourth-order valence-corrected chi connectivity index (χ4v) is 4.56. The van der Waals surface area contributed by atoms with E-state index in [9.17, 15) is 8.42 Å². The van der Waals surface area contributed by atoms with E-state index in [0.717, 1.165) is 12.0 Å². The van der Waals surface area contributed by atoms with Crippen molar-refractivity contribution in [1.82, 2.24) is 4.31 Å². The van der Waals surface area contributed by atoms with Gasteiger partial charge >= 0.3 is 0 Å². The summed E-state index contributed by atoms with van der Waals surface area (Å²) in [5.41, 5.74) is 6.35. The fourth-order valence-electron chi connectivity index (χ4n) is 2.53. The van der Waals surface area contributed by atoms with Crippen LogP contribution in [0, 0.1) is 11.8 Å². The number of rotatable bonds is 4. The molecule has 0 aromatic heterocycles. The maximum atomic E-state index is 12.7. The van der Waals surface area contributed by atoms with Crippen molar-refractivity contribution in [2.45, 2.75) is 31.7 Å². The van der Waals surface area contributed by atoms with Crippen LogP contribution >= 0.6 is 11.6 Å². The summed E-state index contributed by atoms with van der Waals surface area (Å²) in [7, 11) is -3.52. The standard InChI is InChI=1S/C14H21ClN2O2S/c1-10(2)12-5-6-17(9-12)20(18,19)14-7-11(8-16)3-4-13(14)15/h3-4,7,10,12H,5-6,8-9,16H2,1-2H3. The summed E-state index contributed by atoms with van der Waals surface area (Å²) in [6, 6.07) is 4.94. The van der Waals surface area contributed by atoms with E-state index in [1.54, 1.807) is 22.5 Å². The van der Waals surface area contributed by atoms with E-state index in [-0.39, 0.29) is 9.92 Å². The zero-order valence-corrected chi connectivity index (χ0v) is 13.4. The molecule has 112 valence electrons. The lowest BCUT2D eigenvalue weighted by Gasteiger charge is -2.19. The zero-order chi connectivity index (χ0) is 14.9. The molecule has 4 nitrogen and oxygen atoms in total. The van der Waals surface area contributed by atoms with Gasteiger partial charge in [-0.25, -0.2) is 8.42 Å². The highest BCUT2D eigenvalue weighted by atomic mass is 35.5. The molecular formula is C14H21ClN2O2S. The zero-order valence-electron chi connectivity index (χ0n) is 11.8. The van der Waals surface area contributed by atoms with E-state index in [0.29, 0.717) is 31.5 Å². The van der Waals surface area contributed by atoms with Gasteiger partial charge in [-0.05, 0) is 36.0 Å². The van der Waals surface area contributed by atoms with Crippen LogP contribution in [0.3, 0.4) is 0 Å². The van der Waals surface area contributed by atoms with Gasteiger partial charge in [0.1, 0.15) is 4.90 Å². The predicted octanol–water partition coefficient (Wildman–Crippen LogP) is 2.47. The molecule has 20 heavy (non-hydrogen) atoms. The first-order valence-corrected chi connectivity index (χ1v) is 8.66. The molecule has 1 aliphatic heterocycles. The summed E-state index contributed by atoms with van der Waals surface area (Å²) in [5.74, 6) is 0.905. The van der Waals surface area contributed by atoms with Crippen LogP contribution < -0.4 is 5.73 Å². The Hall–Kier alpha value is -0.620. The summed E-state index contributed by atoms with van der Waals surface area (Å²) in [6.07, 6.45) is 0.908. The van der Waals surface area contributed by atoms with Crippen molar-refractivity contribution >= 4 is 21.6 Å². The van der Waals surface area contributed by atoms with Gasteiger partial charge in [-0.3, -0.25) is 0 Å². The van der Waals surface area contributed by atoms with E-state index >= 15 is 0 Å². The Bertz CT molecular complexity index is 587. The molecule has 1 heterocycles. The first-order valence-electron chi connectivity index (χ1n) is 6.85. The highest BCUT2D eigenvalue weighted by Crippen LogP contribution is 2.31. The van der Waals surface area contributed by atoms with Crippen LogP contribution in [0.4, 0.5) is 0 Å². The first-order chi connectivity index (χ1) is 9.36. The largest absolute Gasteiger partial charge is 0.326 e. The van der Waals surface area contributed by atoms with Gasteiger partial charge in [0.05, 0.1) is 5.02 Å². The Morgan fingerprint density at radius 2 is 2.15 bits per heavy atom. The number of nitrogens with two attached hydrogens (primary N) is 1. The van der Waals surface area contributed by atoms with Crippen LogP contribution in [0.25, 0.3) is 0 Å². The number of halogens is 1. The third kappa shape index (κ3) is 3.01. The molecule has 1 aliphatic rings. The molecule has 0 amide bonds. The van der Waals surface area contributed by atoms with Gasteiger partial charge in [0.15, 0.2) is 0 Å². The highest BCUT2D eigenvalue weighted by molar-refractivity contribution is 7.89. The van der Waals surface area contributed by atoms with E-state index in [2.05, 4.69) is 13.8 Å². The Morgan fingerprint density at radius 3 is 2.70 bits per heavy atom. The van der Waals surface area contributed by atoms with Gasteiger partial charge in [0, 0.05) is 19.6 Å². The lowest BCUT2D eigenvalue weighted by molar-refractivity contribution is 0.388. The molecule has 1 aromatic carbocycles. The molecule has 2 N–H and O–H groups in total. The Balaban J connectivity index is 2.32. The van der Waals surface area contributed by atoms with Crippen LogP contribution in [-0.2, 0) is 16.6 Å². The van der Waals surface area contributed by atoms with E-state index in [1.807, 2.05) is 0 Å². The topological polar surface area (TPSA) is 63.4 Å². The first kappa shape index (κ1) is 15.8. The van der Waals surface area contributed by atoms with Gasteiger partial charge in [0.2, 0.25) is 10.0 Å². The van der Waals surface area contributed by atoms with Crippen molar-refractivity contribution in [2.75, 3.05) is 13.1 Å². The molecule has 6 heteroatoms. The second kappa shape index (κ2) is 6.02. The van der Waals surface area contributed by atoms with Crippen molar-refractivity contribution < 1.29 is 8.42 Å². The van der Waals surface area contributed by atoms with Crippen LogP contribution in [0.5, 0.6) is 0 Å². The van der Waals surface area contributed by atoms with Gasteiger partial charge in [-0.1, -0.05) is 31.5 Å². The van der Waals surface area contributed by atoms with Gasteiger partial charge in [0.25, 0.3) is 0 Å². The van der Waals surface area contributed by atoms with Crippen molar-refractivity contribution in [2.24, 2.45) is 17.6 Å². The minimum atomic E-state index is -3.52. The monoisotopic (exact) mass is 316 g/mol. The van der Waals surface area contributed by atoms with Crippen molar-refractivity contribution in [1.29, 1.82) is 0 Å². The number of nitrogens with zero attached hydrogens (tertiary/aromatic N) is 1. The second-order valence-corrected chi connectivity index (χ2v) is 7.94. The normalized spacial score (nSPS) is 20.8. The van der Waals surface area contributed by atoms with Crippen LogP contribution in [0.1, 0.15) is 25.8 Å². The van der Waals surface area contributed by atoms with Crippen molar-refractivity contribution in [3.8, 4) is 0 Å². The molecule has 0 aliphatic carbocycles. The molecule has 1 unspecified atom stereocenters. The number of benzene rings is 1. The molecule has 1 saturated heterocycles. The minimum absolute atomic E-state index is 0.173. The quantitative estimate of drug-likeness (QED) is 0.928. The van der Waals surface area contributed by atoms with Gasteiger partial charge in [-0.15, -0.1) is 0 Å². The molecule has 0 saturated carbocycles. The van der Waals surface area contributed by atoms with Gasteiger partial charge in [-0.2, -0.15) is 4.31 Å². The highest BCUT2D eigenvalue weighted by Gasteiger charge is 2.34. The Kier molecular flexibility index (Phi) is 4.74. The SMILES string of the molecule is CC(C)C1CCN(S(=O)(=O)c2cc(CN)ccc2Cl)C1. The molecule has 1 aromatic rings. The third-order valence-electron chi connectivity index (χ3n) is 3.98. The molecular weight excluding hydrogens is 296 g/mol. The predicted molar refractivity (Wildman–Crippen MR) is 81.0 cm³/mol. The summed E-state index contributed by atoms with van der Waals surface area (Å²) >= 11 is 6.07. The number of hydrogen-bond acceptors (Lipinski definition) is 3. The molecule has 0 spiro atoms. The van der Waals surface area contributed by atoms with E-state index in [1.165, 1.54) is 0 Å². The van der Waals surface area contributed by atoms with Crippen LogP contribution in [-0.4, -0.2) is 25.8 Å². The molecule has 1 atom stereocenters. The van der Waals surface area contributed by atoms with E-state index in [4.69, 9.17) is 17.3 Å². The number of hydrogen-bond donors (Lipinski definition) is 1. The lowest BCUT2D eigenvalue weighted by atomic mass is 9.96. The summed E-state index contributed by atoms with van der Waals surface area (Å²) in [4.78, 5) is 0.173. The maximum absolute atomic E-state index is 12.7. The van der Waals surface area contributed by atoms with Crippen molar-refractivity contribution in [3.05, 3.63) is 28.8 Å². The minimum Gasteiger partial charge on any atom is -0.326 e. The van der Waals surface area contributed by atoms with E-state index < -0.39 is 10.0 Å². The molecule has 2 rings (SSSR count).